The number of halogens is 3. The summed E-state index contributed by atoms with van der Waals surface area (Å²) in [7, 11) is 0. The van der Waals surface area contributed by atoms with Crippen molar-refractivity contribution >= 4 is 68.5 Å². The van der Waals surface area contributed by atoms with Crippen LogP contribution < -0.4 is 4.90 Å². The van der Waals surface area contributed by atoms with E-state index < -0.39 is 5.82 Å². The summed E-state index contributed by atoms with van der Waals surface area (Å²) in [5.74, 6) is 0.0780. The fourth-order valence-electron chi connectivity index (χ4n) is 2.68. The highest BCUT2D eigenvalue weighted by Crippen LogP contribution is 2.44. The number of pyridine rings is 1. The Bertz CT molecular complexity index is 784. The third kappa shape index (κ3) is 4.89. The van der Waals surface area contributed by atoms with Crippen molar-refractivity contribution in [2.45, 2.75) is 37.4 Å². The lowest BCUT2D eigenvalue weighted by Crippen LogP contribution is -2.31. The fourth-order valence-corrected chi connectivity index (χ4v) is 5.74. The van der Waals surface area contributed by atoms with E-state index in [4.69, 9.17) is 0 Å². The second kappa shape index (κ2) is 9.18. The van der Waals surface area contributed by atoms with E-state index >= 15 is 0 Å². The third-order valence-electron chi connectivity index (χ3n) is 4.16. The number of aromatic nitrogens is 3. The molecule has 1 fully saturated rings. The van der Waals surface area contributed by atoms with Gasteiger partial charge in [0.15, 0.2) is 0 Å². The Labute approximate surface area is 183 Å². The van der Waals surface area contributed by atoms with Gasteiger partial charge in [0.1, 0.15) is 5.82 Å². The average molecular weight is 600 g/mol. The number of alkyl halides is 2. The van der Waals surface area contributed by atoms with Crippen LogP contribution in [0.2, 0.25) is 0 Å². The summed E-state index contributed by atoms with van der Waals surface area (Å²) < 4.78 is 16.7. The standard InChI is InChI=1S/C17H19FI2N4OS/c1-11(26-10-20)4-16(25)23(9-19)15-8-24(22-17(15)12-2-3-12)14-5-13(18)6-21-7-14/h5-8,11-12H,2-4,9-10H2,1H3. The third-order valence-corrected chi connectivity index (χ3v) is 6.79. The molecular formula is C17H19FI2N4OS. The van der Waals surface area contributed by atoms with Crippen LogP contribution in [0.15, 0.2) is 24.7 Å². The lowest BCUT2D eigenvalue weighted by Gasteiger charge is -2.21. The highest BCUT2D eigenvalue weighted by Gasteiger charge is 2.33. The van der Waals surface area contributed by atoms with Crippen LogP contribution in [0.1, 0.15) is 37.8 Å². The number of carbonyl (C=O) groups excluding carboxylic acids is 1. The van der Waals surface area contributed by atoms with Gasteiger partial charge >= 0.3 is 0 Å². The Kier molecular flexibility index (Phi) is 7.17. The van der Waals surface area contributed by atoms with Crippen molar-refractivity contribution in [2.24, 2.45) is 0 Å². The normalized spacial score (nSPS) is 15.1. The Morgan fingerprint density at radius 2 is 2.23 bits per heavy atom. The molecule has 0 aliphatic heterocycles. The quantitative estimate of drug-likeness (QED) is 0.246. The predicted octanol–water partition coefficient (Wildman–Crippen LogP) is 4.91. The Balaban J connectivity index is 1.90. The molecule has 0 bridgehead atoms. The first kappa shape index (κ1) is 20.3. The molecule has 140 valence electrons. The zero-order valence-electron chi connectivity index (χ0n) is 14.2. The van der Waals surface area contributed by atoms with E-state index in [1.54, 1.807) is 27.5 Å². The van der Waals surface area contributed by atoms with E-state index in [0.717, 1.165) is 28.0 Å². The van der Waals surface area contributed by atoms with Gasteiger partial charge in [0.05, 0.1) is 40.2 Å². The summed E-state index contributed by atoms with van der Waals surface area (Å²) in [5, 5.41) is 4.93. The topological polar surface area (TPSA) is 51.0 Å². The van der Waals surface area contributed by atoms with Gasteiger partial charge in [-0.15, -0.1) is 11.8 Å². The van der Waals surface area contributed by atoms with Crippen LogP contribution in [0.4, 0.5) is 10.1 Å². The number of hydrogen-bond donors (Lipinski definition) is 0. The van der Waals surface area contributed by atoms with E-state index in [2.05, 4.69) is 62.2 Å². The molecule has 9 heteroatoms. The molecule has 0 spiro atoms. The Morgan fingerprint density at radius 3 is 2.85 bits per heavy atom. The van der Waals surface area contributed by atoms with Crippen LogP contribution in [0.5, 0.6) is 0 Å². The summed E-state index contributed by atoms with van der Waals surface area (Å²) >= 11 is 6.30. The molecule has 0 aromatic carbocycles. The van der Waals surface area contributed by atoms with Crippen LogP contribution in [-0.2, 0) is 4.79 Å². The molecule has 2 aromatic rings. The zero-order valence-corrected chi connectivity index (χ0v) is 19.4. The van der Waals surface area contributed by atoms with Gasteiger partial charge in [0, 0.05) is 27.4 Å². The molecule has 1 aliphatic carbocycles. The minimum absolute atomic E-state index is 0.100. The second-order valence-corrected chi connectivity index (χ2v) is 10.1. The van der Waals surface area contributed by atoms with Crippen molar-refractivity contribution in [2.75, 3.05) is 13.2 Å². The van der Waals surface area contributed by atoms with E-state index in [1.165, 1.54) is 12.3 Å². The summed E-state index contributed by atoms with van der Waals surface area (Å²) in [6.07, 6.45) is 7.23. The van der Waals surface area contributed by atoms with Crippen LogP contribution in [0.3, 0.4) is 0 Å². The maximum absolute atomic E-state index is 13.5. The molecule has 5 nitrogen and oxygen atoms in total. The molecule has 2 heterocycles. The monoisotopic (exact) mass is 600 g/mol. The maximum Gasteiger partial charge on any atom is 0.228 e. The van der Waals surface area contributed by atoms with Crippen LogP contribution in [-0.4, -0.2) is 34.2 Å². The van der Waals surface area contributed by atoms with Gasteiger partial charge in [-0.05, 0) is 12.8 Å². The smallest absolute Gasteiger partial charge is 0.228 e. The number of amides is 1. The van der Waals surface area contributed by atoms with E-state index in [9.17, 15) is 9.18 Å². The minimum Gasteiger partial charge on any atom is -0.299 e. The summed E-state index contributed by atoms with van der Waals surface area (Å²) in [6, 6.07) is 1.40. The van der Waals surface area contributed by atoms with Gasteiger partial charge in [-0.25, -0.2) is 9.07 Å². The first-order chi connectivity index (χ1) is 12.5. The first-order valence-corrected chi connectivity index (χ1v) is 12.4. The SMILES string of the molecule is CC(CC(=O)N(CI)c1cn(-c2cncc(F)c2)nc1C1CC1)SCI. The van der Waals surface area contributed by atoms with E-state index in [0.29, 0.717) is 22.6 Å². The van der Waals surface area contributed by atoms with E-state index in [-0.39, 0.29) is 11.2 Å². The van der Waals surface area contributed by atoms with Crippen molar-refractivity contribution in [3.05, 3.63) is 36.2 Å². The predicted molar refractivity (Wildman–Crippen MR) is 120 cm³/mol. The molecule has 0 saturated heterocycles. The van der Waals surface area contributed by atoms with Crippen molar-refractivity contribution in [3.63, 3.8) is 0 Å². The summed E-state index contributed by atoms with van der Waals surface area (Å²) in [6.45, 7) is 2.08. The fraction of sp³-hybridized carbons (Fsp3) is 0.471. The lowest BCUT2D eigenvalue weighted by atomic mass is 10.2. The molecule has 1 unspecified atom stereocenters. The molecule has 1 atom stereocenters. The van der Waals surface area contributed by atoms with Crippen molar-refractivity contribution in [1.29, 1.82) is 0 Å². The molecule has 0 N–H and O–H groups in total. The minimum atomic E-state index is -0.404. The molecule has 3 rings (SSSR count). The number of thioether (sulfide) groups is 1. The zero-order chi connectivity index (χ0) is 18.7. The molecule has 1 saturated carbocycles. The van der Waals surface area contributed by atoms with Crippen molar-refractivity contribution in [1.82, 2.24) is 14.8 Å². The lowest BCUT2D eigenvalue weighted by molar-refractivity contribution is -0.118. The number of nitrogens with zero attached hydrogens (tertiary/aromatic N) is 4. The van der Waals surface area contributed by atoms with Gasteiger partial charge < -0.3 is 0 Å². The maximum atomic E-state index is 13.5. The molecular weight excluding hydrogens is 581 g/mol. The molecule has 1 amide bonds. The number of anilines is 1. The summed E-state index contributed by atoms with van der Waals surface area (Å²) in [4.78, 5) is 18.5. The summed E-state index contributed by atoms with van der Waals surface area (Å²) in [5.41, 5.74) is 2.32. The van der Waals surface area contributed by atoms with Gasteiger partial charge in [-0.2, -0.15) is 5.10 Å². The molecule has 0 radical (unpaired) electrons. The van der Waals surface area contributed by atoms with Gasteiger partial charge in [-0.3, -0.25) is 14.7 Å². The largest absolute Gasteiger partial charge is 0.299 e. The Hall–Kier alpha value is -0.430. The average Bonchev–Trinajstić information content (AvgIpc) is 3.35. The van der Waals surface area contributed by atoms with Crippen LogP contribution in [0.25, 0.3) is 5.69 Å². The number of hydrogen-bond acceptors (Lipinski definition) is 4. The van der Waals surface area contributed by atoms with Gasteiger partial charge in [-0.1, -0.05) is 52.1 Å². The van der Waals surface area contributed by atoms with Gasteiger partial charge in [0.2, 0.25) is 5.91 Å². The number of rotatable bonds is 8. The highest BCUT2D eigenvalue weighted by molar-refractivity contribution is 14.1. The number of carbonyl (C=O) groups is 1. The first-order valence-electron chi connectivity index (χ1n) is 8.27. The molecule has 1 aliphatic rings. The highest BCUT2D eigenvalue weighted by atomic mass is 127. The van der Waals surface area contributed by atoms with Crippen molar-refractivity contribution < 1.29 is 9.18 Å². The van der Waals surface area contributed by atoms with Crippen LogP contribution >= 0.6 is 56.9 Å². The van der Waals surface area contributed by atoms with Crippen LogP contribution in [0, 0.1) is 5.82 Å². The molecule has 26 heavy (non-hydrogen) atoms. The second-order valence-electron chi connectivity index (χ2n) is 6.21. The van der Waals surface area contributed by atoms with Crippen molar-refractivity contribution in [3.8, 4) is 5.69 Å². The van der Waals surface area contributed by atoms with E-state index in [1.807, 2.05) is 6.20 Å². The Morgan fingerprint density at radius 1 is 1.46 bits per heavy atom. The molecule has 2 aromatic heterocycles. The van der Waals surface area contributed by atoms with Gasteiger partial charge in [0.25, 0.3) is 0 Å².